The number of likely N-dealkylation sites (N-methyl/N-ethyl adjacent to an activating group) is 1. The number of allylic oxidation sites excluding steroid dienone is 3. The van der Waals surface area contributed by atoms with Gasteiger partial charge in [0.15, 0.2) is 0 Å². The SMILES string of the molecule is CC1=CC=C(O)C(CN(C)C)N1CC(F)F. The first-order valence-corrected chi connectivity index (χ1v) is 5.18. The molecule has 1 N–H and O–H groups in total. The molecule has 1 heterocycles. The van der Waals surface area contributed by atoms with E-state index in [1.54, 1.807) is 24.0 Å². The molecular weight excluding hydrogens is 214 g/mol. The third-order valence-electron chi connectivity index (χ3n) is 2.54. The van der Waals surface area contributed by atoms with Crippen LogP contribution in [0.1, 0.15) is 6.92 Å². The molecule has 5 heteroatoms. The first-order valence-electron chi connectivity index (χ1n) is 5.18. The van der Waals surface area contributed by atoms with Gasteiger partial charge in [-0.3, -0.25) is 0 Å². The molecule has 0 aromatic rings. The van der Waals surface area contributed by atoms with Crippen molar-refractivity contribution in [3.05, 3.63) is 23.6 Å². The third kappa shape index (κ3) is 3.20. The van der Waals surface area contributed by atoms with E-state index in [1.165, 1.54) is 0 Å². The van der Waals surface area contributed by atoms with Crippen LogP contribution in [0.3, 0.4) is 0 Å². The van der Waals surface area contributed by atoms with Crippen molar-refractivity contribution in [1.29, 1.82) is 0 Å². The van der Waals surface area contributed by atoms with E-state index in [2.05, 4.69) is 0 Å². The van der Waals surface area contributed by atoms with E-state index in [0.29, 0.717) is 6.54 Å². The quantitative estimate of drug-likeness (QED) is 0.801. The molecule has 1 atom stereocenters. The van der Waals surface area contributed by atoms with E-state index in [9.17, 15) is 13.9 Å². The lowest BCUT2D eigenvalue weighted by Gasteiger charge is -2.37. The summed E-state index contributed by atoms with van der Waals surface area (Å²) in [5, 5.41) is 9.72. The van der Waals surface area contributed by atoms with E-state index in [-0.39, 0.29) is 18.3 Å². The number of nitrogens with zero attached hydrogens (tertiary/aromatic N) is 2. The Balaban J connectivity index is 2.82. The summed E-state index contributed by atoms with van der Waals surface area (Å²) in [6.45, 7) is 1.94. The van der Waals surface area contributed by atoms with Gasteiger partial charge in [0.1, 0.15) is 5.76 Å². The number of aliphatic hydroxyl groups excluding tert-OH is 1. The fourth-order valence-corrected chi connectivity index (χ4v) is 1.78. The van der Waals surface area contributed by atoms with Crippen molar-refractivity contribution in [2.24, 2.45) is 0 Å². The second-order valence-electron chi connectivity index (χ2n) is 4.22. The summed E-state index contributed by atoms with van der Waals surface area (Å²) in [7, 11) is 3.70. The molecule has 0 saturated carbocycles. The summed E-state index contributed by atoms with van der Waals surface area (Å²) in [5.74, 6) is 0.139. The Morgan fingerprint density at radius 3 is 2.56 bits per heavy atom. The molecule has 0 aliphatic carbocycles. The van der Waals surface area contributed by atoms with Crippen molar-refractivity contribution >= 4 is 0 Å². The van der Waals surface area contributed by atoms with Crippen LogP contribution in [0.2, 0.25) is 0 Å². The van der Waals surface area contributed by atoms with Gasteiger partial charge in [0.05, 0.1) is 12.6 Å². The van der Waals surface area contributed by atoms with Gasteiger partial charge in [-0.15, -0.1) is 0 Å². The highest BCUT2D eigenvalue weighted by Gasteiger charge is 2.27. The van der Waals surface area contributed by atoms with Crippen molar-refractivity contribution in [3.63, 3.8) is 0 Å². The molecule has 0 aromatic carbocycles. The number of hydrogen-bond donors (Lipinski definition) is 1. The Hall–Kier alpha value is -1.10. The van der Waals surface area contributed by atoms with Gasteiger partial charge in [0.25, 0.3) is 6.43 Å². The lowest BCUT2D eigenvalue weighted by Crippen LogP contribution is -2.45. The average molecular weight is 232 g/mol. The maximum Gasteiger partial charge on any atom is 0.255 e. The van der Waals surface area contributed by atoms with Gasteiger partial charge in [-0.05, 0) is 33.2 Å². The molecule has 0 fully saturated rings. The lowest BCUT2D eigenvalue weighted by molar-refractivity contribution is 0.0736. The van der Waals surface area contributed by atoms with Crippen LogP contribution in [0.4, 0.5) is 8.78 Å². The van der Waals surface area contributed by atoms with Gasteiger partial charge in [0, 0.05) is 12.2 Å². The molecule has 0 saturated heterocycles. The van der Waals surface area contributed by atoms with Crippen molar-refractivity contribution < 1.29 is 13.9 Å². The summed E-state index contributed by atoms with van der Waals surface area (Å²) < 4.78 is 24.9. The highest BCUT2D eigenvalue weighted by Crippen LogP contribution is 2.21. The summed E-state index contributed by atoms with van der Waals surface area (Å²) >= 11 is 0. The van der Waals surface area contributed by atoms with Gasteiger partial charge in [0.2, 0.25) is 0 Å². The Labute approximate surface area is 94.6 Å². The molecule has 0 amide bonds. The second kappa shape index (κ2) is 5.30. The molecule has 0 spiro atoms. The number of alkyl halides is 2. The topological polar surface area (TPSA) is 26.7 Å². The summed E-state index contributed by atoms with van der Waals surface area (Å²) in [4.78, 5) is 3.41. The Morgan fingerprint density at radius 2 is 2.06 bits per heavy atom. The summed E-state index contributed by atoms with van der Waals surface area (Å²) in [6, 6.07) is -0.381. The van der Waals surface area contributed by atoms with Crippen LogP contribution < -0.4 is 0 Å². The van der Waals surface area contributed by atoms with Crippen LogP contribution >= 0.6 is 0 Å². The van der Waals surface area contributed by atoms with Crippen molar-refractivity contribution in [2.75, 3.05) is 27.2 Å². The van der Waals surface area contributed by atoms with E-state index in [1.807, 2.05) is 19.0 Å². The number of rotatable bonds is 4. The first-order chi connectivity index (χ1) is 7.41. The van der Waals surface area contributed by atoms with Gasteiger partial charge in [-0.2, -0.15) is 0 Å². The zero-order valence-corrected chi connectivity index (χ0v) is 9.82. The van der Waals surface area contributed by atoms with Crippen LogP contribution in [-0.2, 0) is 0 Å². The first kappa shape index (κ1) is 13.0. The average Bonchev–Trinajstić information content (AvgIpc) is 2.16. The van der Waals surface area contributed by atoms with E-state index < -0.39 is 6.43 Å². The molecule has 1 unspecified atom stereocenters. The van der Waals surface area contributed by atoms with Crippen LogP contribution in [0.15, 0.2) is 23.6 Å². The molecule has 1 aliphatic rings. The molecule has 0 radical (unpaired) electrons. The number of hydrogen-bond acceptors (Lipinski definition) is 3. The van der Waals surface area contributed by atoms with Gasteiger partial charge < -0.3 is 14.9 Å². The van der Waals surface area contributed by atoms with Crippen molar-refractivity contribution in [2.45, 2.75) is 19.4 Å². The molecule has 16 heavy (non-hydrogen) atoms. The molecule has 1 rings (SSSR count). The molecule has 3 nitrogen and oxygen atoms in total. The Bertz CT molecular complexity index is 270. The monoisotopic (exact) mass is 232 g/mol. The fourth-order valence-electron chi connectivity index (χ4n) is 1.78. The standard InChI is InChI=1S/C11H18F2N2O/c1-8-4-5-10(16)9(6-14(2)3)15(8)7-11(12)13/h4-5,9,11,16H,6-7H2,1-3H3. The maximum atomic E-state index is 12.4. The number of halogens is 2. The minimum absolute atomic E-state index is 0.139. The van der Waals surface area contributed by atoms with Crippen molar-refractivity contribution in [1.82, 2.24) is 9.80 Å². The van der Waals surface area contributed by atoms with Gasteiger partial charge in [-0.1, -0.05) is 0 Å². The van der Waals surface area contributed by atoms with E-state index in [0.717, 1.165) is 5.70 Å². The third-order valence-corrected chi connectivity index (χ3v) is 2.54. The zero-order valence-electron chi connectivity index (χ0n) is 9.82. The molecular formula is C11H18F2N2O. The smallest absolute Gasteiger partial charge is 0.255 e. The minimum Gasteiger partial charge on any atom is -0.510 e. The zero-order chi connectivity index (χ0) is 12.3. The Kier molecular flexibility index (Phi) is 4.29. The van der Waals surface area contributed by atoms with Gasteiger partial charge >= 0.3 is 0 Å². The largest absolute Gasteiger partial charge is 0.510 e. The van der Waals surface area contributed by atoms with E-state index in [4.69, 9.17) is 0 Å². The van der Waals surface area contributed by atoms with Crippen LogP contribution in [0.25, 0.3) is 0 Å². The summed E-state index contributed by atoms with van der Waals surface area (Å²) in [5.41, 5.74) is 0.755. The molecule has 0 aromatic heterocycles. The lowest BCUT2D eigenvalue weighted by atomic mass is 10.1. The van der Waals surface area contributed by atoms with Crippen LogP contribution in [0.5, 0.6) is 0 Å². The number of aliphatic hydroxyl groups is 1. The normalized spacial score (nSPS) is 21.4. The van der Waals surface area contributed by atoms with Crippen LogP contribution in [0, 0.1) is 0 Å². The highest BCUT2D eigenvalue weighted by atomic mass is 19.3. The molecule has 0 bridgehead atoms. The molecule has 1 aliphatic heterocycles. The maximum absolute atomic E-state index is 12.4. The van der Waals surface area contributed by atoms with Gasteiger partial charge in [-0.25, -0.2) is 8.78 Å². The van der Waals surface area contributed by atoms with Crippen LogP contribution in [-0.4, -0.2) is 54.6 Å². The fraction of sp³-hybridized carbons (Fsp3) is 0.636. The highest BCUT2D eigenvalue weighted by molar-refractivity contribution is 5.23. The Morgan fingerprint density at radius 1 is 1.44 bits per heavy atom. The second-order valence-corrected chi connectivity index (χ2v) is 4.22. The minimum atomic E-state index is -2.40. The molecule has 92 valence electrons. The predicted molar refractivity (Wildman–Crippen MR) is 59.5 cm³/mol. The predicted octanol–water partition coefficient (Wildman–Crippen LogP) is 1.84. The summed E-state index contributed by atoms with van der Waals surface area (Å²) in [6.07, 6.45) is 0.828. The van der Waals surface area contributed by atoms with Crippen molar-refractivity contribution in [3.8, 4) is 0 Å². The van der Waals surface area contributed by atoms with E-state index >= 15 is 0 Å².